The van der Waals surface area contributed by atoms with Crippen LogP contribution in [0.5, 0.6) is 0 Å². The van der Waals surface area contributed by atoms with Crippen LogP contribution >= 0.6 is 27.3 Å². The van der Waals surface area contributed by atoms with Crippen LogP contribution in [0.15, 0.2) is 21.3 Å². The summed E-state index contributed by atoms with van der Waals surface area (Å²) < 4.78 is 1.15. The molecule has 4 nitrogen and oxygen atoms in total. The van der Waals surface area contributed by atoms with Gasteiger partial charge in [0.1, 0.15) is 11.6 Å². The Labute approximate surface area is 119 Å². The van der Waals surface area contributed by atoms with Crippen molar-refractivity contribution >= 4 is 33.1 Å². The van der Waals surface area contributed by atoms with Crippen LogP contribution in [0.25, 0.3) is 0 Å². The molecular weight excluding hydrogens is 312 g/mol. The van der Waals surface area contributed by atoms with Crippen LogP contribution < -0.4 is 5.73 Å². The van der Waals surface area contributed by atoms with E-state index in [1.165, 1.54) is 5.56 Å². The fourth-order valence-corrected chi connectivity index (χ4v) is 2.96. The molecule has 0 fully saturated rings. The van der Waals surface area contributed by atoms with Gasteiger partial charge in [-0.25, -0.2) is 9.97 Å². The number of hydrogen-bond donors (Lipinski definition) is 1. The van der Waals surface area contributed by atoms with E-state index >= 15 is 0 Å². The molecule has 0 bridgehead atoms. The molecule has 18 heavy (non-hydrogen) atoms. The van der Waals surface area contributed by atoms with Gasteiger partial charge >= 0.3 is 0 Å². The monoisotopic (exact) mass is 326 g/mol. The van der Waals surface area contributed by atoms with E-state index in [0.29, 0.717) is 12.4 Å². The minimum Gasteiger partial charge on any atom is -0.384 e. The van der Waals surface area contributed by atoms with Crippen molar-refractivity contribution in [3.63, 3.8) is 0 Å². The zero-order valence-electron chi connectivity index (χ0n) is 10.4. The Morgan fingerprint density at radius 3 is 2.72 bits per heavy atom. The van der Waals surface area contributed by atoms with Gasteiger partial charge in [-0.15, -0.1) is 11.3 Å². The van der Waals surface area contributed by atoms with Gasteiger partial charge in [0, 0.05) is 18.3 Å². The molecule has 2 aromatic heterocycles. The number of thiophene rings is 1. The fraction of sp³-hybridized carbons (Fsp3) is 0.333. The maximum absolute atomic E-state index is 5.72. The van der Waals surface area contributed by atoms with E-state index in [-0.39, 0.29) is 0 Å². The fourth-order valence-electron chi connectivity index (χ4n) is 1.76. The molecule has 0 unspecified atom stereocenters. The van der Waals surface area contributed by atoms with E-state index < -0.39 is 0 Å². The Balaban J connectivity index is 2.00. The molecule has 2 N–H and O–H groups in total. The van der Waals surface area contributed by atoms with Gasteiger partial charge in [0.2, 0.25) is 0 Å². The highest BCUT2D eigenvalue weighted by Gasteiger charge is 2.06. The minimum absolute atomic E-state index is 0.532. The molecule has 0 spiro atoms. The molecule has 0 saturated carbocycles. The highest BCUT2D eigenvalue weighted by atomic mass is 79.9. The van der Waals surface area contributed by atoms with Crippen molar-refractivity contribution in [1.82, 2.24) is 14.9 Å². The number of aromatic nitrogens is 2. The SMILES string of the molecule is Cc1cc(N)nc(CN(C)Cc2csc(Br)c2)n1. The Bertz CT molecular complexity index is 520. The van der Waals surface area contributed by atoms with E-state index in [1.54, 1.807) is 17.4 Å². The molecule has 2 heterocycles. The third-order valence-electron chi connectivity index (χ3n) is 2.41. The molecule has 2 aromatic rings. The van der Waals surface area contributed by atoms with E-state index in [1.807, 2.05) is 14.0 Å². The number of hydrogen-bond acceptors (Lipinski definition) is 5. The van der Waals surface area contributed by atoms with Crippen molar-refractivity contribution in [3.05, 3.63) is 38.4 Å². The summed E-state index contributed by atoms with van der Waals surface area (Å²) in [5, 5.41) is 2.14. The van der Waals surface area contributed by atoms with Crippen LogP contribution in [0.2, 0.25) is 0 Å². The van der Waals surface area contributed by atoms with Gasteiger partial charge < -0.3 is 5.73 Å². The first-order chi connectivity index (χ1) is 8.52. The minimum atomic E-state index is 0.532. The Hall–Kier alpha value is -0.980. The number of nitrogens with zero attached hydrogens (tertiary/aromatic N) is 3. The highest BCUT2D eigenvalue weighted by Crippen LogP contribution is 2.21. The predicted molar refractivity (Wildman–Crippen MR) is 78.4 cm³/mol. The third kappa shape index (κ3) is 3.76. The first-order valence-corrected chi connectivity index (χ1v) is 7.21. The number of rotatable bonds is 4. The van der Waals surface area contributed by atoms with Gasteiger partial charge in [-0.1, -0.05) is 0 Å². The number of aryl methyl sites for hydroxylation is 1. The van der Waals surface area contributed by atoms with Crippen LogP contribution in [0, 0.1) is 6.92 Å². The Morgan fingerprint density at radius 1 is 1.33 bits per heavy atom. The lowest BCUT2D eigenvalue weighted by molar-refractivity contribution is 0.311. The second-order valence-corrected chi connectivity index (χ2v) is 6.57. The van der Waals surface area contributed by atoms with Gasteiger partial charge in [-0.05, 0) is 46.9 Å². The summed E-state index contributed by atoms with van der Waals surface area (Å²) in [5.74, 6) is 1.30. The summed E-state index contributed by atoms with van der Waals surface area (Å²) >= 11 is 5.16. The molecule has 6 heteroatoms. The first kappa shape index (κ1) is 13.5. The normalized spacial score (nSPS) is 11.1. The average Bonchev–Trinajstić information content (AvgIpc) is 2.61. The van der Waals surface area contributed by atoms with Crippen LogP contribution in [0.4, 0.5) is 5.82 Å². The molecule has 2 rings (SSSR count). The molecule has 0 radical (unpaired) electrons. The van der Waals surface area contributed by atoms with Crippen molar-refractivity contribution in [1.29, 1.82) is 0 Å². The lowest BCUT2D eigenvalue weighted by atomic mass is 10.3. The maximum atomic E-state index is 5.72. The molecule has 96 valence electrons. The molecule has 0 saturated heterocycles. The van der Waals surface area contributed by atoms with Gasteiger partial charge in [0.15, 0.2) is 0 Å². The lowest BCUT2D eigenvalue weighted by Gasteiger charge is -2.15. The zero-order valence-corrected chi connectivity index (χ0v) is 12.8. The van der Waals surface area contributed by atoms with E-state index in [4.69, 9.17) is 5.73 Å². The number of nitrogens with two attached hydrogens (primary N) is 1. The molecule has 0 amide bonds. The van der Waals surface area contributed by atoms with Crippen molar-refractivity contribution in [2.45, 2.75) is 20.0 Å². The van der Waals surface area contributed by atoms with E-state index in [0.717, 1.165) is 21.8 Å². The van der Waals surface area contributed by atoms with E-state index in [2.05, 4.69) is 42.2 Å². The van der Waals surface area contributed by atoms with Crippen LogP contribution in [-0.2, 0) is 13.1 Å². The van der Waals surface area contributed by atoms with Crippen LogP contribution in [0.3, 0.4) is 0 Å². The molecule has 0 atom stereocenters. The van der Waals surface area contributed by atoms with Crippen molar-refractivity contribution in [3.8, 4) is 0 Å². The largest absolute Gasteiger partial charge is 0.384 e. The Kier molecular flexibility index (Phi) is 4.31. The Morgan fingerprint density at radius 2 is 2.11 bits per heavy atom. The topological polar surface area (TPSA) is 55.0 Å². The summed E-state index contributed by atoms with van der Waals surface area (Å²) in [6.07, 6.45) is 0. The number of nitrogen functional groups attached to an aromatic ring is 1. The van der Waals surface area contributed by atoms with Crippen LogP contribution in [0.1, 0.15) is 17.1 Å². The van der Waals surface area contributed by atoms with Gasteiger partial charge in [-0.2, -0.15) is 0 Å². The lowest BCUT2D eigenvalue weighted by Crippen LogP contribution is -2.19. The summed E-state index contributed by atoms with van der Waals surface area (Å²) in [4.78, 5) is 10.8. The van der Waals surface area contributed by atoms with Gasteiger partial charge in [0.05, 0.1) is 10.3 Å². The van der Waals surface area contributed by atoms with Crippen molar-refractivity contribution in [2.24, 2.45) is 0 Å². The third-order valence-corrected chi connectivity index (χ3v) is 3.96. The summed E-state index contributed by atoms with van der Waals surface area (Å²) in [5.41, 5.74) is 7.91. The van der Waals surface area contributed by atoms with Crippen molar-refractivity contribution < 1.29 is 0 Å². The summed E-state index contributed by atoms with van der Waals surface area (Å²) in [6.45, 7) is 3.50. The molecule has 0 aliphatic heterocycles. The first-order valence-electron chi connectivity index (χ1n) is 5.54. The number of anilines is 1. The summed E-state index contributed by atoms with van der Waals surface area (Å²) in [6, 6.07) is 3.91. The van der Waals surface area contributed by atoms with Gasteiger partial charge in [0.25, 0.3) is 0 Å². The van der Waals surface area contributed by atoms with Crippen LogP contribution in [-0.4, -0.2) is 21.9 Å². The van der Waals surface area contributed by atoms with E-state index in [9.17, 15) is 0 Å². The predicted octanol–water partition coefficient (Wildman–Crippen LogP) is 2.82. The number of halogens is 1. The quantitative estimate of drug-likeness (QED) is 0.938. The van der Waals surface area contributed by atoms with Gasteiger partial charge in [-0.3, -0.25) is 4.90 Å². The molecule has 0 aliphatic rings. The summed E-state index contributed by atoms with van der Waals surface area (Å²) in [7, 11) is 2.05. The second-order valence-electron chi connectivity index (χ2n) is 4.28. The second kappa shape index (κ2) is 5.77. The maximum Gasteiger partial charge on any atom is 0.144 e. The molecular formula is C12H15BrN4S. The zero-order chi connectivity index (χ0) is 13.1. The van der Waals surface area contributed by atoms with Crippen molar-refractivity contribution in [2.75, 3.05) is 12.8 Å². The molecule has 0 aliphatic carbocycles. The molecule has 0 aromatic carbocycles. The standard InChI is InChI=1S/C12H15BrN4S/c1-8-3-11(14)16-12(15-8)6-17(2)5-9-4-10(13)18-7-9/h3-4,7H,5-6H2,1-2H3,(H2,14,15,16). The highest BCUT2D eigenvalue weighted by molar-refractivity contribution is 9.11. The smallest absolute Gasteiger partial charge is 0.144 e. The average molecular weight is 327 g/mol.